The second kappa shape index (κ2) is 9.65. The predicted octanol–water partition coefficient (Wildman–Crippen LogP) is 3.60. The lowest BCUT2D eigenvalue weighted by molar-refractivity contribution is -0.114. The molecule has 0 aliphatic carbocycles. The third kappa shape index (κ3) is 5.64. The fraction of sp³-hybridized carbons (Fsp3) is 0.450. The number of anilines is 1. The van der Waals surface area contributed by atoms with Gasteiger partial charge in [-0.2, -0.15) is 11.3 Å². The number of hydrogen-bond donors (Lipinski definition) is 2. The molecule has 3 rings (SSSR count). The molecular weight excluding hydrogens is 394 g/mol. The van der Waals surface area contributed by atoms with E-state index in [0.717, 1.165) is 31.5 Å². The number of nitrogens with zero attached hydrogens (tertiary/aromatic N) is 1. The number of rotatable bonds is 7. The largest absolute Gasteiger partial charge is 0.326 e. The Morgan fingerprint density at radius 2 is 1.79 bits per heavy atom. The summed E-state index contributed by atoms with van der Waals surface area (Å²) in [5, 5.41) is 6.78. The molecule has 1 saturated heterocycles. The van der Waals surface area contributed by atoms with Crippen LogP contribution < -0.4 is 10.0 Å². The van der Waals surface area contributed by atoms with E-state index in [4.69, 9.17) is 0 Å². The Bertz CT molecular complexity index is 857. The number of likely N-dealkylation sites (tertiary alicyclic amines) is 1. The maximum Gasteiger partial charge on any atom is 0.240 e. The van der Waals surface area contributed by atoms with Gasteiger partial charge in [0.1, 0.15) is 0 Å². The van der Waals surface area contributed by atoms with Crippen LogP contribution in [0.5, 0.6) is 0 Å². The van der Waals surface area contributed by atoms with Gasteiger partial charge in [0.15, 0.2) is 0 Å². The lowest BCUT2D eigenvalue weighted by Gasteiger charge is -2.30. The van der Waals surface area contributed by atoms with Gasteiger partial charge in [-0.1, -0.05) is 12.8 Å². The summed E-state index contributed by atoms with van der Waals surface area (Å²) >= 11 is 1.63. The first-order valence-electron chi connectivity index (χ1n) is 9.59. The molecular formula is C20H27N3O3S2. The van der Waals surface area contributed by atoms with Crippen molar-refractivity contribution in [3.8, 4) is 0 Å². The van der Waals surface area contributed by atoms with Gasteiger partial charge in [-0.15, -0.1) is 0 Å². The fourth-order valence-electron chi connectivity index (χ4n) is 3.52. The Morgan fingerprint density at radius 1 is 1.11 bits per heavy atom. The van der Waals surface area contributed by atoms with Crippen LogP contribution in [-0.2, 0) is 14.8 Å². The smallest absolute Gasteiger partial charge is 0.240 e. The number of nitrogens with one attached hydrogen (secondary N) is 2. The third-order valence-corrected chi connectivity index (χ3v) is 7.10. The normalized spacial score (nSPS) is 17.0. The Kier molecular flexibility index (Phi) is 7.23. The fourth-order valence-corrected chi connectivity index (χ4v) is 5.27. The van der Waals surface area contributed by atoms with E-state index in [-0.39, 0.29) is 16.8 Å². The predicted molar refractivity (Wildman–Crippen MR) is 113 cm³/mol. The summed E-state index contributed by atoms with van der Waals surface area (Å²) in [6.07, 6.45) is 4.77. The number of carbonyl (C=O) groups excluding carboxylic acids is 1. The zero-order chi connectivity index (χ0) is 20.0. The second-order valence-electron chi connectivity index (χ2n) is 7.08. The van der Waals surface area contributed by atoms with E-state index >= 15 is 0 Å². The van der Waals surface area contributed by atoms with Gasteiger partial charge in [0.2, 0.25) is 15.9 Å². The summed E-state index contributed by atoms with van der Waals surface area (Å²) in [4.78, 5) is 13.7. The van der Waals surface area contributed by atoms with Crippen molar-refractivity contribution in [3.05, 3.63) is 46.7 Å². The van der Waals surface area contributed by atoms with Crippen molar-refractivity contribution in [1.82, 2.24) is 9.62 Å². The second-order valence-corrected chi connectivity index (χ2v) is 9.63. The molecule has 0 unspecified atom stereocenters. The molecule has 0 saturated carbocycles. The van der Waals surface area contributed by atoms with Gasteiger partial charge >= 0.3 is 0 Å². The summed E-state index contributed by atoms with van der Waals surface area (Å²) in [5.74, 6) is -0.190. The van der Waals surface area contributed by atoms with Gasteiger partial charge < -0.3 is 5.32 Å². The molecule has 6 nitrogen and oxygen atoms in total. The van der Waals surface area contributed by atoms with Crippen molar-refractivity contribution in [3.63, 3.8) is 0 Å². The van der Waals surface area contributed by atoms with Crippen molar-refractivity contribution in [2.75, 3.05) is 25.0 Å². The van der Waals surface area contributed by atoms with Gasteiger partial charge in [0.05, 0.1) is 4.90 Å². The van der Waals surface area contributed by atoms with E-state index in [0.29, 0.717) is 12.2 Å². The quantitative estimate of drug-likeness (QED) is 0.716. The molecule has 2 N–H and O–H groups in total. The van der Waals surface area contributed by atoms with Crippen molar-refractivity contribution in [2.45, 2.75) is 43.5 Å². The van der Waals surface area contributed by atoms with E-state index < -0.39 is 10.0 Å². The van der Waals surface area contributed by atoms with E-state index in [1.165, 1.54) is 31.9 Å². The maximum absolute atomic E-state index is 12.8. The molecule has 0 bridgehead atoms. The minimum absolute atomic E-state index is 0.0396. The van der Waals surface area contributed by atoms with Crippen LogP contribution in [0.25, 0.3) is 0 Å². The van der Waals surface area contributed by atoms with E-state index in [2.05, 4.69) is 26.4 Å². The zero-order valence-electron chi connectivity index (χ0n) is 16.1. The van der Waals surface area contributed by atoms with Crippen LogP contribution in [0, 0.1) is 0 Å². The molecule has 1 amide bonds. The van der Waals surface area contributed by atoms with Crippen molar-refractivity contribution in [2.24, 2.45) is 0 Å². The van der Waals surface area contributed by atoms with Crippen molar-refractivity contribution >= 4 is 33.0 Å². The highest BCUT2D eigenvalue weighted by atomic mass is 32.2. The summed E-state index contributed by atoms with van der Waals surface area (Å²) in [7, 11) is -3.63. The van der Waals surface area contributed by atoms with Crippen LogP contribution in [0.4, 0.5) is 5.69 Å². The molecule has 1 fully saturated rings. The van der Waals surface area contributed by atoms with Crippen molar-refractivity contribution in [1.29, 1.82) is 0 Å². The number of carbonyl (C=O) groups is 1. The molecule has 0 radical (unpaired) electrons. The zero-order valence-corrected chi connectivity index (χ0v) is 17.7. The van der Waals surface area contributed by atoms with Crippen LogP contribution in [0.15, 0.2) is 46.0 Å². The first-order chi connectivity index (χ1) is 13.5. The molecule has 2 aromatic rings. The minimum Gasteiger partial charge on any atom is -0.326 e. The first-order valence-corrected chi connectivity index (χ1v) is 12.0. The van der Waals surface area contributed by atoms with Crippen LogP contribution in [-0.4, -0.2) is 38.9 Å². The molecule has 0 spiro atoms. The number of thiophene rings is 1. The highest BCUT2D eigenvalue weighted by Gasteiger charge is 2.24. The van der Waals surface area contributed by atoms with Crippen LogP contribution in [0.2, 0.25) is 0 Å². The molecule has 152 valence electrons. The molecule has 8 heteroatoms. The molecule has 1 aliphatic rings. The summed E-state index contributed by atoms with van der Waals surface area (Å²) < 4.78 is 28.3. The highest BCUT2D eigenvalue weighted by Crippen LogP contribution is 2.26. The summed E-state index contributed by atoms with van der Waals surface area (Å²) in [6.45, 7) is 3.74. The standard InChI is InChI=1S/C20H27N3O3S2/c1-16(24)22-18-6-8-19(9-7-18)28(25,26)21-14-20(17-10-13-27-15-17)23-11-4-2-3-5-12-23/h6-10,13,15,20-21H,2-5,11-12,14H2,1H3,(H,22,24)/t20-/m1/s1. The molecule has 1 aliphatic heterocycles. The van der Waals surface area contributed by atoms with Gasteiger partial charge in [0, 0.05) is 25.2 Å². The Morgan fingerprint density at radius 3 is 2.36 bits per heavy atom. The maximum atomic E-state index is 12.8. The lowest BCUT2D eigenvalue weighted by atomic mass is 10.1. The van der Waals surface area contributed by atoms with Crippen LogP contribution >= 0.6 is 11.3 Å². The number of amides is 1. The summed E-state index contributed by atoms with van der Waals surface area (Å²) in [6, 6.07) is 8.34. The summed E-state index contributed by atoms with van der Waals surface area (Å²) in [5.41, 5.74) is 1.74. The number of benzene rings is 1. The third-order valence-electron chi connectivity index (χ3n) is 4.96. The Balaban J connectivity index is 1.71. The van der Waals surface area contributed by atoms with E-state index in [9.17, 15) is 13.2 Å². The molecule has 1 aromatic heterocycles. The lowest BCUT2D eigenvalue weighted by Crippen LogP contribution is -2.38. The molecule has 28 heavy (non-hydrogen) atoms. The SMILES string of the molecule is CC(=O)Nc1ccc(S(=O)(=O)NC[C@H](c2ccsc2)N2CCCCCC2)cc1. The molecule has 1 atom stereocenters. The van der Waals surface area contributed by atoms with Gasteiger partial charge in [0.25, 0.3) is 0 Å². The van der Waals surface area contributed by atoms with Crippen molar-refractivity contribution < 1.29 is 13.2 Å². The number of hydrogen-bond acceptors (Lipinski definition) is 5. The Labute approximate surface area is 171 Å². The van der Waals surface area contributed by atoms with Gasteiger partial charge in [-0.3, -0.25) is 9.69 Å². The van der Waals surface area contributed by atoms with Crippen LogP contribution in [0.1, 0.15) is 44.2 Å². The average molecular weight is 422 g/mol. The van der Waals surface area contributed by atoms with Gasteiger partial charge in [-0.05, 0) is 72.6 Å². The minimum atomic E-state index is -3.63. The molecule has 1 aromatic carbocycles. The monoisotopic (exact) mass is 421 g/mol. The van der Waals surface area contributed by atoms with E-state index in [1.807, 2.05) is 5.38 Å². The highest BCUT2D eigenvalue weighted by molar-refractivity contribution is 7.89. The average Bonchev–Trinajstić information content (AvgIpc) is 3.05. The van der Waals surface area contributed by atoms with Crippen LogP contribution in [0.3, 0.4) is 0 Å². The number of sulfonamides is 1. The van der Waals surface area contributed by atoms with Gasteiger partial charge in [-0.25, -0.2) is 13.1 Å². The molecule has 2 heterocycles. The first kappa shape index (κ1) is 21.0. The Hall–Kier alpha value is -1.74. The topological polar surface area (TPSA) is 78.5 Å². The van der Waals surface area contributed by atoms with E-state index in [1.54, 1.807) is 23.5 Å².